The van der Waals surface area contributed by atoms with Crippen molar-refractivity contribution in [1.29, 1.82) is 0 Å². The summed E-state index contributed by atoms with van der Waals surface area (Å²) in [5, 5.41) is 5.74. The zero-order chi connectivity index (χ0) is 20.6. The molecule has 0 spiro atoms. The lowest BCUT2D eigenvalue weighted by Crippen LogP contribution is -2.53. The van der Waals surface area contributed by atoms with Crippen LogP contribution in [0.4, 0.5) is 0 Å². The molecule has 0 radical (unpaired) electrons. The summed E-state index contributed by atoms with van der Waals surface area (Å²) in [6.45, 7) is 11.5. The number of nitrogens with zero attached hydrogens (tertiary/aromatic N) is 1. The van der Waals surface area contributed by atoms with Crippen LogP contribution in [0.25, 0.3) is 0 Å². The third-order valence-electron chi connectivity index (χ3n) is 5.23. The highest BCUT2D eigenvalue weighted by Crippen LogP contribution is 2.36. The zero-order valence-corrected chi connectivity index (χ0v) is 18.8. The molecule has 29 heavy (non-hydrogen) atoms. The van der Waals surface area contributed by atoms with Gasteiger partial charge in [0, 0.05) is 10.6 Å². The molecule has 2 heterocycles. The van der Waals surface area contributed by atoms with Crippen molar-refractivity contribution in [1.82, 2.24) is 5.23 Å². The van der Waals surface area contributed by atoms with Crippen LogP contribution in [0.1, 0.15) is 5.56 Å². The fourth-order valence-corrected chi connectivity index (χ4v) is 6.11. The Balaban J connectivity index is 1.92. The first-order valence-corrected chi connectivity index (χ1v) is 13.6. The van der Waals surface area contributed by atoms with Crippen LogP contribution in [0.5, 0.6) is 0 Å². The molecule has 3 nitrogen and oxygen atoms in total. The number of allylic oxidation sites excluding steroid dienone is 4. The van der Waals surface area contributed by atoms with Crippen molar-refractivity contribution in [3.63, 3.8) is 0 Å². The molecule has 0 aromatic heterocycles. The lowest BCUT2D eigenvalue weighted by Gasteiger charge is -2.37. The van der Waals surface area contributed by atoms with Crippen molar-refractivity contribution in [3.05, 3.63) is 100.0 Å². The van der Waals surface area contributed by atoms with Crippen LogP contribution in [-0.2, 0) is 4.74 Å². The van der Waals surface area contributed by atoms with Gasteiger partial charge in [0.2, 0.25) is 0 Å². The molecule has 0 fully saturated rings. The Labute approximate surface area is 179 Å². The molecule has 2 aromatic rings. The first-order valence-electron chi connectivity index (χ1n) is 9.77. The van der Waals surface area contributed by atoms with Crippen LogP contribution in [-0.4, -0.2) is 27.4 Å². The second kappa shape index (κ2) is 7.73. The molecular formula is C23H24BClN2OSi. The minimum absolute atomic E-state index is 0.00775. The second-order valence-electron chi connectivity index (χ2n) is 8.26. The molecule has 2 aliphatic heterocycles. The summed E-state index contributed by atoms with van der Waals surface area (Å²) in [5.41, 5.74) is 5.30. The number of rotatable bonds is 4. The molecule has 146 valence electrons. The van der Waals surface area contributed by atoms with E-state index < -0.39 is 8.07 Å². The highest BCUT2D eigenvalue weighted by atomic mass is 35.5. The molecule has 1 N–H and O–H groups in total. The van der Waals surface area contributed by atoms with Crippen molar-refractivity contribution in [3.8, 4) is 0 Å². The maximum Gasteiger partial charge on any atom is 0.321 e. The van der Waals surface area contributed by atoms with E-state index in [0.717, 1.165) is 22.7 Å². The third kappa shape index (κ3) is 3.72. The van der Waals surface area contributed by atoms with Gasteiger partial charge in [-0.3, -0.25) is 0 Å². The highest BCUT2D eigenvalue weighted by Gasteiger charge is 2.40. The van der Waals surface area contributed by atoms with Gasteiger partial charge in [-0.25, -0.2) is 4.99 Å². The van der Waals surface area contributed by atoms with E-state index in [2.05, 4.69) is 55.7 Å². The third-order valence-corrected chi connectivity index (χ3v) is 7.50. The fraction of sp³-hybridized carbons (Fsp3) is 0.174. The van der Waals surface area contributed by atoms with Crippen molar-refractivity contribution < 1.29 is 4.74 Å². The predicted molar refractivity (Wildman–Crippen MR) is 127 cm³/mol. The zero-order valence-electron chi connectivity index (χ0n) is 17.0. The van der Waals surface area contributed by atoms with Gasteiger partial charge in [-0.05, 0) is 22.8 Å². The smallest absolute Gasteiger partial charge is 0.321 e. The van der Waals surface area contributed by atoms with Crippen LogP contribution in [0.15, 0.2) is 94.4 Å². The Morgan fingerprint density at radius 1 is 1.10 bits per heavy atom. The van der Waals surface area contributed by atoms with Crippen LogP contribution in [0.2, 0.25) is 24.7 Å². The Morgan fingerprint density at radius 3 is 2.41 bits per heavy atom. The second-order valence-corrected chi connectivity index (χ2v) is 13.7. The van der Waals surface area contributed by atoms with E-state index in [1.54, 1.807) is 0 Å². The van der Waals surface area contributed by atoms with Gasteiger partial charge in [-0.1, -0.05) is 91.8 Å². The van der Waals surface area contributed by atoms with Gasteiger partial charge in [0.1, 0.15) is 5.76 Å². The summed E-state index contributed by atoms with van der Waals surface area (Å²) in [6.07, 6.45) is 1.99. The van der Waals surface area contributed by atoms with E-state index in [4.69, 9.17) is 21.3 Å². The Bertz CT molecular complexity index is 1040. The molecule has 6 heteroatoms. The number of hydrogen-bond acceptors (Lipinski definition) is 3. The minimum atomic E-state index is -1.75. The van der Waals surface area contributed by atoms with Gasteiger partial charge < -0.3 is 9.96 Å². The topological polar surface area (TPSA) is 33.6 Å². The van der Waals surface area contributed by atoms with Crippen molar-refractivity contribution >= 4 is 37.7 Å². The molecular weight excluding hydrogens is 395 g/mol. The molecule has 4 rings (SSSR count). The Kier molecular flexibility index (Phi) is 5.28. The number of hydrogen-bond donors (Lipinski definition) is 1. The maximum absolute atomic E-state index is 6.15. The predicted octanol–water partition coefficient (Wildman–Crippen LogP) is 4.73. The lowest BCUT2D eigenvalue weighted by molar-refractivity contribution is 0.224. The van der Waals surface area contributed by atoms with Crippen molar-refractivity contribution in [2.75, 3.05) is 6.73 Å². The number of halogens is 1. The molecule has 0 amide bonds. The molecule has 0 atom stereocenters. The highest BCUT2D eigenvalue weighted by molar-refractivity contribution is 6.88. The summed E-state index contributed by atoms with van der Waals surface area (Å²) in [6, 6.07) is 18.3. The van der Waals surface area contributed by atoms with E-state index in [1.807, 2.05) is 36.4 Å². The van der Waals surface area contributed by atoms with Gasteiger partial charge in [0.15, 0.2) is 6.73 Å². The summed E-state index contributed by atoms with van der Waals surface area (Å²) in [4.78, 5) is 4.71. The quantitative estimate of drug-likeness (QED) is 0.728. The molecule has 0 saturated carbocycles. The number of aliphatic imine (C=N–C) groups is 1. The number of ether oxygens (including phenoxy) is 1. The number of nitrogens with one attached hydrogen (secondary N) is 1. The van der Waals surface area contributed by atoms with Gasteiger partial charge in [0.25, 0.3) is 0 Å². The van der Waals surface area contributed by atoms with Crippen LogP contribution in [0.3, 0.4) is 0 Å². The summed E-state index contributed by atoms with van der Waals surface area (Å²) < 4.78 is 6.15. The monoisotopic (exact) mass is 418 g/mol. The average molecular weight is 419 g/mol. The largest absolute Gasteiger partial charge is 0.469 e. The Hall–Kier alpha value is -2.50. The van der Waals surface area contributed by atoms with E-state index >= 15 is 0 Å². The van der Waals surface area contributed by atoms with Crippen LogP contribution < -0.4 is 10.7 Å². The summed E-state index contributed by atoms with van der Waals surface area (Å²) >= 11 is 6.11. The minimum Gasteiger partial charge on any atom is -0.469 e. The molecule has 2 aliphatic rings. The summed E-state index contributed by atoms with van der Waals surface area (Å²) in [7, 11) is -1.75. The van der Waals surface area contributed by atoms with Crippen LogP contribution in [0, 0.1) is 0 Å². The molecule has 2 aromatic carbocycles. The van der Waals surface area contributed by atoms with Gasteiger partial charge in [-0.2, -0.15) is 0 Å². The van der Waals surface area contributed by atoms with Gasteiger partial charge in [0.05, 0.1) is 19.5 Å². The first kappa shape index (κ1) is 19.8. The van der Waals surface area contributed by atoms with Crippen molar-refractivity contribution in [2.45, 2.75) is 19.6 Å². The van der Waals surface area contributed by atoms with Gasteiger partial charge >= 0.3 is 6.85 Å². The maximum atomic E-state index is 6.15. The van der Waals surface area contributed by atoms with E-state index in [9.17, 15) is 0 Å². The van der Waals surface area contributed by atoms with E-state index in [-0.39, 0.29) is 6.85 Å². The SMILES string of the molecule is C=CC1=C([Si](C)(C)C)C2=C(NB1c1ccccc1)C(c1ccc(Cl)cc1)=NCO2. The van der Waals surface area contributed by atoms with E-state index in [1.165, 1.54) is 16.1 Å². The first-order chi connectivity index (χ1) is 13.9. The average Bonchev–Trinajstić information content (AvgIpc) is 2.72. The fourth-order valence-electron chi connectivity index (χ4n) is 3.99. The van der Waals surface area contributed by atoms with Gasteiger partial charge in [-0.15, -0.1) is 0 Å². The van der Waals surface area contributed by atoms with E-state index in [0.29, 0.717) is 11.8 Å². The molecule has 0 bridgehead atoms. The standard InChI is InChI=1S/C23H24BClN2OSi/c1-5-19-23(29(2,3)4)22-21(27-24(19)17-9-7-6-8-10-17)20(26-15-28-22)16-11-13-18(25)14-12-16/h5-14,27H,1,15H2,2-4H3. The lowest BCUT2D eigenvalue weighted by atomic mass is 9.48. The summed E-state index contributed by atoms with van der Waals surface area (Å²) in [5.74, 6) is 0.922. The normalized spacial score (nSPS) is 16.7. The molecule has 0 saturated heterocycles. The molecule has 0 aliphatic carbocycles. The Morgan fingerprint density at radius 2 is 1.79 bits per heavy atom. The van der Waals surface area contributed by atoms with Crippen molar-refractivity contribution in [2.24, 2.45) is 4.99 Å². The number of benzene rings is 2. The molecule has 0 unspecified atom stereocenters. The van der Waals surface area contributed by atoms with Crippen LogP contribution >= 0.6 is 11.6 Å².